The second-order valence-corrected chi connectivity index (χ2v) is 5.96. The number of thiazole rings is 1. The lowest BCUT2D eigenvalue weighted by atomic mass is 10.2. The summed E-state index contributed by atoms with van der Waals surface area (Å²) in [6, 6.07) is 8.84. The fourth-order valence-electron chi connectivity index (χ4n) is 2.08. The SMILES string of the molecule is O=C(CCc1nc(-c2ccccn2)cs1)Nc1ccc(F)c(F)c1. The third-order valence-corrected chi connectivity index (χ3v) is 4.16. The Morgan fingerprint density at radius 3 is 2.75 bits per heavy atom. The van der Waals surface area contributed by atoms with Crippen LogP contribution >= 0.6 is 11.3 Å². The maximum Gasteiger partial charge on any atom is 0.224 e. The van der Waals surface area contributed by atoms with E-state index in [0.717, 1.165) is 28.5 Å². The highest BCUT2D eigenvalue weighted by Gasteiger charge is 2.09. The molecule has 1 N–H and O–H groups in total. The van der Waals surface area contributed by atoms with E-state index in [1.807, 2.05) is 23.6 Å². The third kappa shape index (κ3) is 3.99. The molecule has 24 heavy (non-hydrogen) atoms. The molecule has 1 aromatic carbocycles. The van der Waals surface area contributed by atoms with Crippen LogP contribution in [0.25, 0.3) is 11.4 Å². The molecule has 3 rings (SSSR count). The fraction of sp³-hybridized carbons (Fsp3) is 0.118. The number of nitrogens with zero attached hydrogens (tertiary/aromatic N) is 2. The Balaban J connectivity index is 1.56. The highest BCUT2D eigenvalue weighted by atomic mass is 32.1. The van der Waals surface area contributed by atoms with Crippen LogP contribution in [-0.2, 0) is 11.2 Å². The van der Waals surface area contributed by atoms with Crippen LogP contribution in [0, 0.1) is 11.6 Å². The lowest BCUT2D eigenvalue weighted by molar-refractivity contribution is -0.116. The molecule has 0 aliphatic heterocycles. The van der Waals surface area contributed by atoms with E-state index >= 15 is 0 Å². The van der Waals surface area contributed by atoms with Gasteiger partial charge < -0.3 is 5.32 Å². The molecule has 122 valence electrons. The van der Waals surface area contributed by atoms with E-state index in [2.05, 4.69) is 15.3 Å². The van der Waals surface area contributed by atoms with Crippen LogP contribution in [0.2, 0.25) is 0 Å². The number of hydrogen-bond donors (Lipinski definition) is 1. The second-order valence-electron chi connectivity index (χ2n) is 5.02. The Morgan fingerprint density at radius 2 is 2.00 bits per heavy atom. The predicted molar refractivity (Wildman–Crippen MR) is 88.7 cm³/mol. The Kier molecular flexibility index (Phi) is 4.90. The average Bonchev–Trinajstić information content (AvgIpc) is 3.06. The molecule has 2 heterocycles. The van der Waals surface area contributed by atoms with E-state index in [1.165, 1.54) is 17.4 Å². The molecule has 0 unspecified atom stereocenters. The number of hydrogen-bond acceptors (Lipinski definition) is 4. The fourth-order valence-corrected chi connectivity index (χ4v) is 2.87. The summed E-state index contributed by atoms with van der Waals surface area (Å²) in [5, 5.41) is 5.25. The minimum absolute atomic E-state index is 0.203. The van der Waals surface area contributed by atoms with Crippen molar-refractivity contribution in [1.82, 2.24) is 9.97 Å². The molecule has 0 saturated carbocycles. The average molecular weight is 345 g/mol. The van der Waals surface area contributed by atoms with Gasteiger partial charge in [-0.3, -0.25) is 9.78 Å². The Morgan fingerprint density at radius 1 is 1.12 bits per heavy atom. The maximum atomic E-state index is 13.1. The van der Waals surface area contributed by atoms with E-state index in [-0.39, 0.29) is 18.0 Å². The zero-order valence-electron chi connectivity index (χ0n) is 12.5. The van der Waals surface area contributed by atoms with Gasteiger partial charge in [0.05, 0.1) is 16.4 Å². The molecule has 0 aliphatic rings. The van der Waals surface area contributed by atoms with Crippen LogP contribution in [-0.4, -0.2) is 15.9 Å². The van der Waals surface area contributed by atoms with Crippen molar-refractivity contribution in [2.75, 3.05) is 5.32 Å². The van der Waals surface area contributed by atoms with Gasteiger partial charge in [0, 0.05) is 36.2 Å². The number of pyridine rings is 1. The first-order valence-electron chi connectivity index (χ1n) is 7.22. The van der Waals surface area contributed by atoms with E-state index in [9.17, 15) is 13.6 Å². The topological polar surface area (TPSA) is 54.9 Å². The number of amides is 1. The third-order valence-electron chi connectivity index (χ3n) is 3.25. The Labute approximate surface area is 141 Å². The standard InChI is InChI=1S/C17H13F2N3OS/c18-12-5-4-11(9-13(12)19)21-16(23)6-7-17-22-15(10-24-17)14-3-1-2-8-20-14/h1-5,8-10H,6-7H2,(H,21,23). The molecule has 1 amide bonds. The molecule has 4 nitrogen and oxygen atoms in total. The first kappa shape index (κ1) is 16.2. The number of aromatic nitrogens is 2. The lowest BCUT2D eigenvalue weighted by Gasteiger charge is -2.04. The molecule has 0 fully saturated rings. The summed E-state index contributed by atoms with van der Waals surface area (Å²) < 4.78 is 26.0. The van der Waals surface area contributed by atoms with Crippen LogP contribution in [0.5, 0.6) is 0 Å². The van der Waals surface area contributed by atoms with E-state index in [4.69, 9.17) is 0 Å². The summed E-state index contributed by atoms with van der Waals surface area (Å²) in [6.07, 6.45) is 2.37. The molecule has 0 radical (unpaired) electrons. The van der Waals surface area contributed by atoms with Gasteiger partial charge in [0.15, 0.2) is 11.6 Å². The molecule has 0 aliphatic carbocycles. The quantitative estimate of drug-likeness (QED) is 0.759. The smallest absolute Gasteiger partial charge is 0.224 e. The van der Waals surface area contributed by atoms with Gasteiger partial charge in [-0.05, 0) is 24.3 Å². The number of carbonyl (C=O) groups excluding carboxylic acids is 1. The summed E-state index contributed by atoms with van der Waals surface area (Å²) in [5.74, 6) is -2.22. The van der Waals surface area contributed by atoms with Crippen molar-refractivity contribution in [1.29, 1.82) is 0 Å². The molecule has 0 bridgehead atoms. The van der Waals surface area contributed by atoms with Crippen molar-refractivity contribution in [2.24, 2.45) is 0 Å². The number of halogens is 2. The Hall–Kier alpha value is -2.67. The van der Waals surface area contributed by atoms with Gasteiger partial charge in [0.2, 0.25) is 5.91 Å². The molecule has 0 saturated heterocycles. The van der Waals surface area contributed by atoms with Gasteiger partial charge in [0.1, 0.15) is 0 Å². The number of benzene rings is 1. The molecular weight excluding hydrogens is 332 g/mol. The zero-order chi connectivity index (χ0) is 16.9. The highest BCUT2D eigenvalue weighted by Crippen LogP contribution is 2.21. The summed E-state index contributed by atoms with van der Waals surface area (Å²) >= 11 is 1.46. The van der Waals surface area contributed by atoms with Crippen LogP contribution in [0.3, 0.4) is 0 Å². The highest BCUT2D eigenvalue weighted by molar-refractivity contribution is 7.09. The van der Waals surface area contributed by atoms with Gasteiger partial charge in [-0.15, -0.1) is 11.3 Å². The number of rotatable bonds is 5. The van der Waals surface area contributed by atoms with Crippen LogP contribution in [0.15, 0.2) is 48.0 Å². The summed E-state index contributed by atoms with van der Waals surface area (Å²) in [5.41, 5.74) is 1.79. The van der Waals surface area contributed by atoms with Crippen LogP contribution in [0.1, 0.15) is 11.4 Å². The minimum atomic E-state index is -0.993. The van der Waals surface area contributed by atoms with E-state index in [0.29, 0.717) is 6.42 Å². The van der Waals surface area contributed by atoms with Crippen molar-refractivity contribution in [3.63, 3.8) is 0 Å². The first-order valence-corrected chi connectivity index (χ1v) is 8.10. The monoisotopic (exact) mass is 345 g/mol. The van der Waals surface area contributed by atoms with E-state index < -0.39 is 11.6 Å². The van der Waals surface area contributed by atoms with Crippen molar-refractivity contribution in [3.05, 3.63) is 64.6 Å². The Bertz CT molecular complexity index is 852. The lowest BCUT2D eigenvalue weighted by Crippen LogP contribution is -2.12. The number of carbonyl (C=O) groups is 1. The molecule has 2 aromatic heterocycles. The van der Waals surface area contributed by atoms with Crippen LogP contribution < -0.4 is 5.32 Å². The minimum Gasteiger partial charge on any atom is -0.326 e. The number of aryl methyl sites for hydroxylation is 1. The molecule has 0 atom stereocenters. The van der Waals surface area contributed by atoms with Crippen molar-refractivity contribution in [3.8, 4) is 11.4 Å². The van der Waals surface area contributed by atoms with Gasteiger partial charge in [-0.25, -0.2) is 13.8 Å². The van der Waals surface area contributed by atoms with Crippen LogP contribution in [0.4, 0.5) is 14.5 Å². The normalized spacial score (nSPS) is 10.6. The molecular formula is C17H13F2N3OS. The molecule has 7 heteroatoms. The number of anilines is 1. The molecule has 0 spiro atoms. The second kappa shape index (κ2) is 7.27. The van der Waals surface area contributed by atoms with Crippen molar-refractivity contribution >= 4 is 22.9 Å². The molecule has 3 aromatic rings. The van der Waals surface area contributed by atoms with Crippen molar-refractivity contribution in [2.45, 2.75) is 12.8 Å². The summed E-state index contributed by atoms with van der Waals surface area (Å²) in [7, 11) is 0. The van der Waals surface area contributed by atoms with Gasteiger partial charge >= 0.3 is 0 Å². The summed E-state index contributed by atoms with van der Waals surface area (Å²) in [4.78, 5) is 20.6. The zero-order valence-corrected chi connectivity index (χ0v) is 13.3. The van der Waals surface area contributed by atoms with Gasteiger partial charge in [-0.1, -0.05) is 6.07 Å². The number of nitrogens with one attached hydrogen (secondary N) is 1. The summed E-state index contributed by atoms with van der Waals surface area (Å²) in [6.45, 7) is 0. The first-order chi connectivity index (χ1) is 11.6. The predicted octanol–water partition coefficient (Wildman–Crippen LogP) is 4.05. The maximum absolute atomic E-state index is 13.1. The van der Waals surface area contributed by atoms with Crippen molar-refractivity contribution < 1.29 is 13.6 Å². The van der Waals surface area contributed by atoms with E-state index in [1.54, 1.807) is 6.20 Å². The van der Waals surface area contributed by atoms with Gasteiger partial charge in [-0.2, -0.15) is 0 Å². The largest absolute Gasteiger partial charge is 0.326 e. The van der Waals surface area contributed by atoms with Gasteiger partial charge in [0.25, 0.3) is 0 Å².